The summed E-state index contributed by atoms with van der Waals surface area (Å²) in [5.74, 6) is 0.107. The standard InChI is InChI=1S/C15H17ClO4/c1-18-13-3-2-12(16)11-8-10(4-5-17)9-15(14(11)13)19-6-7-20-15/h2-3,5,10H,4,6-9H2,1H3/t10-/m0/s1. The van der Waals surface area contributed by atoms with Crippen molar-refractivity contribution < 1.29 is 19.0 Å². The van der Waals surface area contributed by atoms with Gasteiger partial charge in [-0.05, 0) is 30.0 Å². The lowest BCUT2D eigenvalue weighted by molar-refractivity contribution is -0.185. The van der Waals surface area contributed by atoms with Crippen LogP contribution in [-0.4, -0.2) is 26.6 Å². The number of halogens is 1. The van der Waals surface area contributed by atoms with Crippen LogP contribution in [0.25, 0.3) is 0 Å². The molecule has 108 valence electrons. The molecule has 1 spiro atoms. The molecule has 1 aliphatic heterocycles. The molecule has 0 radical (unpaired) electrons. The second kappa shape index (κ2) is 5.35. The molecule has 1 atom stereocenters. The molecule has 4 nitrogen and oxygen atoms in total. The van der Waals surface area contributed by atoms with Crippen LogP contribution in [0.15, 0.2) is 12.1 Å². The van der Waals surface area contributed by atoms with Crippen molar-refractivity contribution in [3.63, 3.8) is 0 Å². The first kappa shape index (κ1) is 13.9. The highest BCUT2D eigenvalue weighted by molar-refractivity contribution is 6.31. The third-order valence-corrected chi connectivity index (χ3v) is 4.41. The summed E-state index contributed by atoms with van der Waals surface area (Å²) in [7, 11) is 1.63. The highest BCUT2D eigenvalue weighted by atomic mass is 35.5. The van der Waals surface area contributed by atoms with Crippen molar-refractivity contribution in [3.8, 4) is 5.75 Å². The molecule has 1 aliphatic carbocycles. The Labute approximate surface area is 123 Å². The minimum atomic E-state index is -0.808. The van der Waals surface area contributed by atoms with E-state index in [1.54, 1.807) is 7.11 Å². The average Bonchev–Trinajstić information content (AvgIpc) is 2.89. The number of aldehydes is 1. The molecule has 1 aromatic rings. The van der Waals surface area contributed by atoms with Crippen molar-refractivity contribution >= 4 is 17.9 Å². The van der Waals surface area contributed by atoms with Gasteiger partial charge in [-0.3, -0.25) is 0 Å². The normalized spacial score (nSPS) is 23.6. The second-order valence-corrected chi connectivity index (χ2v) is 5.64. The third-order valence-electron chi connectivity index (χ3n) is 4.05. The van der Waals surface area contributed by atoms with Gasteiger partial charge in [-0.15, -0.1) is 0 Å². The monoisotopic (exact) mass is 296 g/mol. The molecule has 1 heterocycles. The fraction of sp³-hybridized carbons (Fsp3) is 0.533. The average molecular weight is 297 g/mol. The summed E-state index contributed by atoms with van der Waals surface area (Å²) < 4.78 is 17.3. The van der Waals surface area contributed by atoms with Crippen LogP contribution >= 0.6 is 11.6 Å². The Bertz CT molecular complexity index is 523. The van der Waals surface area contributed by atoms with Gasteiger partial charge in [0.1, 0.15) is 12.0 Å². The van der Waals surface area contributed by atoms with E-state index in [0.29, 0.717) is 31.1 Å². The van der Waals surface area contributed by atoms with Crippen molar-refractivity contribution in [2.24, 2.45) is 5.92 Å². The number of hydrogen-bond acceptors (Lipinski definition) is 4. The minimum Gasteiger partial charge on any atom is -0.496 e. The number of carbonyl (C=O) groups is 1. The predicted molar refractivity (Wildman–Crippen MR) is 74.1 cm³/mol. The van der Waals surface area contributed by atoms with Gasteiger partial charge in [-0.25, -0.2) is 0 Å². The van der Waals surface area contributed by atoms with Gasteiger partial charge in [0.05, 0.1) is 25.9 Å². The first-order chi connectivity index (χ1) is 9.70. The van der Waals surface area contributed by atoms with E-state index in [-0.39, 0.29) is 5.92 Å². The number of benzene rings is 1. The van der Waals surface area contributed by atoms with E-state index >= 15 is 0 Å². The highest BCUT2D eigenvalue weighted by Gasteiger charge is 2.47. The summed E-state index contributed by atoms with van der Waals surface area (Å²) in [6.07, 6.45) is 2.85. The zero-order valence-corrected chi connectivity index (χ0v) is 12.1. The molecule has 0 bridgehead atoms. The van der Waals surface area contributed by atoms with Gasteiger partial charge in [-0.2, -0.15) is 0 Å². The van der Waals surface area contributed by atoms with Crippen molar-refractivity contribution in [1.29, 1.82) is 0 Å². The molecule has 5 heteroatoms. The van der Waals surface area contributed by atoms with E-state index in [0.717, 1.165) is 29.6 Å². The Morgan fingerprint density at radius 2 is 2.20 bits per heavy atom. The third kappa shape index (κ3) is 2.12. The molecule has 3 rings (SSSR count). The number of hydrogen-bond donors (Lipinski definition) is 0. The van der Waals surface area contributed by atoms with Crippen molar-refractivity contribution in [3.05, 3.63) is 28.3 Å². The second-order valence-electron chi connectivity index (χ2n) is 5.23. The topological polar surface area (TPSA) is 44.8 Å². The van der Waals surface area contributed by atoms with Gasteiger partial charge in [0.15, 0.2) is 5.79 Å². The zero-order chi connectivity index (χ0) is 14.2. The van der Waals surface area contributed by atoms with Crippen LogP contribution in [0.1, 0.15) is 24.0 Å². The number of carbonyl (C=O) groups excluding carboxylic acids is 1. The maximum absolute atomic E-state index is 10.9. The maximum atomic E-state index is 10.9. The van der Waals surface area contributed by atoms with Gasteiger partial charge in [-0.1, -0.05) is 11.6 Å². The van der Waals surface area contributed by atoms with Gasteiger partial charge >= 0.3 is 0 Å². The SMILES string of the molecule is COc1ccc(Cl)c2c1C1(C[C@@H](CC=O)C2)OCCO1. The largest absolute Gasteiger partial charge is 0.496 e. The van der Waals surface area contributed by atoms with Gasteiger partial charge in [0, 0.05) is 17.9 Å². The van der Waals surface area contributed by atoms with E-state index in [1.807, 2.05) is 12.1 Å². The molecular weight excluding hydrogens is 280 g/mol. The number of methoxy groups -OCH3 is 1. The van der Waals surface area contributed by atoms with Crippen LogP contribution in [0, 0.1) is 5.92 Å². The Morgan fingerprint density at radius 1 is 1.45 bits per heavy atom. The summed E-state index contributed by atoms with van der Waals surface area (Å²) in [4.78, 5) is 10.9. The smallest absolute Gasteiger partial charge is 0.199 e. The highest BCUT2D eigenvalue weighted by Crippen LogP contribution is 2.50. The number of rotatable bonds is 3. The number of fused-ring (bicyclic) bond motifs is 2. The first-order valence-corrected chi connectivity index (χ1v) is 7.15. The summed E-state index contributed by atoms with van der Waals surface area (Å²) in [6.45, 7) is 1.09. The fourth-order valence-corrected chi connectivity index (χ4v) is 3.49. The quantitative estimate of drug-likeness (QED) is 0.805. The molecular formula is C15H17ClO4. The van der Waals surface area contributed by atoms with Crippen LogP contribution in [0.5, 0.6) is 5.75 Å². The molecule has 1 saturated heterocycles. The summed E-state index contributed by atoms with van der Waals surface area (Å²) in [5.41, 5.74) is 1.87. The molecule has 0 amide bonds. The predicted octanol–water partition coefficient (Wildman–Crippen LogP) is 2.70. The lowest BCUT2D eigenvalue weighted by Crippen LogP contribution is -2.37. The lowest BCUT2D eigenvalue weighted by Gasteiger charge is -2.38. The maximum Gasteiger partial charge on any atom is 0.199 e. The van der Waals surface area contributed by atoms with Crippen LogP contribution < -0.4 is 4.74 Å². The first-order valence-electron chi connectivity index (χ1n) is 6.77. The summed E-state index contributed by atoms with van der Waals surface area (Å²) in [5, 5.41) is 0.676. The van der Waals surface area contributed by atoms with Crippen LogP contribution in [-0.2, 0) is 26.5 Å². The van der Waals surface area contributed by atoms with E-state index < -0.39 is 5.79 Å². The van der Waals surface area contributed by atoms with E-state index in [1.165, 1.54) is 0 Å². The van der Waals surface area contributed by atoms with E-state index in [9.17, 15) is 4.79 Å². The van der Waals surface area contributed by atoms with E-state index in [4.69, 9.17) is 25.8 Å². The number of ether oxygens (including phenoxy) is 3. The Kier molecular flexibility index (Phi) is 3.71. The Morgan fingerprint density at radius 3 is 2.85 bits per heavy atom. The summed E-state index contributed by atoms with van der Waals surface area (Å²) in [6, 6.07) is 3.67. The van der Waals surface area contributed by atoms with Gasteiger partial charge in [0.2, 0.25) is 0 Å². The molecule has 0 unspecified atom stereocenters. The minimum absolute atomic E-state index is 0.183. The van der Waals surface area contributed by atoms with E-state index in [2.05, 4.69) is 0 Å². The molecule has 0 saturated carbocycles. The molecule has 0 N–H and O–H groups in total. The molecule has 20 heavy (non-hydrogen) atoms. The Balaban J connectivity index is 2.13. The van der Waals surface area contributed by atoms with Crippen molar-refractivity contribution in [2.75, 3.05) is 20.3 Å². The zero-order valence-electron chi connectivity index (χ0n) is 11.4. The van der Waals surface area contributed by atoms with Crippen molar-refractivity contribution in [2.45, 2.75) is 25.0 Å². The van der Waals surface area contributed by atoms with Gasteiger partial charge < -0.3 is 19.0 Å². The summed E-state index contributed by atoms with van der Waals surface area (Å²) >= 11 is 6.34. The molecule has 1 aromatic carbocycles. The van der Waals surface area contributed by atoms with Crippen molar-refractivity contribution in [1.82, 2.24) is 0 Å². The van der Waals surface area contributed by atoms with Gasteiger partial charge in [0.25, 0.3) is 0 Å². The van der Waals surface area contributed by atoms with Crippen LogP contribution in [0.3, 0.4) is 0 Å². The lowest BCUT2D eigenvalue weighted by atomic mass is 9.78. The molecule has 2 aliphatic rings. The fourth-order valence-electron chi connectivity index (χ4n) is 3.25. The molecule has 1 fully saturated rings. The Hall–Kier alpha value is -1.10. The van der Waals surface area contributed by atoms with Crippen LogP contribution in [0.4, 0.5) is 0 Å². The molecule has 0 aromatic heterocycles. The van der Waals surface area contributed by atoms with Crippen LogP contribution in [0.2, 0.25) is 5.02 Å².